The number of rotatable bonds is 7. The number of ketones is 1. The Bertz CT molecular complexity index is 264. The van der Waals surface area contributed by atoms with Crippen LogP contribution >= 0.6 is 0 Å². The second-order valence-corrected chi connectivity index (χ2v) is 6.98. The highest BCUT2D eigenvalue weighted by Gasteiger charge is 2.25. The number of hydrogen-bond acceptors (Lipinski definition) is 3. The molecule has 1 atom stereocenters. The van der Waals surface area contributed by atoms with Crippen LogP contribution in [0.2, 0.25) is 0 Å². The Balaban J connectivity index is 2.30. The van der Waals surface area contributed by atoms with E-state index in [0.717, 1.165) is 58.3 Å². The fraction of sp³-hybridized carbons (Fsp3) is 0.938. The fourth-order valence-corrected chi connectivity index (χ4v) is 2.92. The minimum Gasteiger partial charge on any atom is -0.381 e. The van der Waals surface area contributed by atoms with Crippen molar-refractivity contribution in [2.24, 2.45) is 23.0 Å². The van der Waals surface area contributed by atoms with Crippen molar-refractivity contribution in [1.29, 1.82) is 0 Å². The van der Waals surface area contributed by atoms with Gasteiger partial charge in [0.15, 0.2) is 0 Å². The van der Waals surface area contributed by atoms with Crippen molar-refractivity contribution in [3.63, 3.8) is 0 Å². The second-order valence-electron chi connectivity index (χ2n) is 6.98. The Morgan fingerprint density at radius 3 is 2.42 bits per heavy atom. The summed E-state index contributed by atoms with van der Waals surface area (Å²) in [6.45, 7) is 9.12. The Labute approximate surface area is 118 Å². The molecule has 1 aliphatic rings. The van der Waals surface area contributed by atoms with Crippen LogP contribution in [-0.2, 0) is 9.53 Å². The third-order valence-electron chi connectivity index (χ3n) is 4.37. The number of hydrogen-bond donors (Lipinski definition) is 1. The number of carbonyl (C=O) groups excluding carboxylic acids is 1. The third kappa shape index (κ3) is 6.53. The van der Waals surface area contributed by atoms with E-state index in [1.807, 2.05) is 0 Å². The van der Waals surface area contributed by atoms with E-state index >= 15 is 0 Å². The van der Waals surface area contributed by atoms with Gasteiger partial charge in [-0.1, -0.05) is 20.8 Å². The van der Waals surface area contributed by atoms with Crippen LogP contribution in [0.1, 0.15) is 59.3 Å². The Hall–Kier alpha value is -0.410. The molecule has 0 aromatic rings. The standard InChI is InChI=1S/C16H31NO2/c1-16(2,3)14(6-9-17)4-5-15(18)12-13-7-10-19-11-8-13/h13-14H,4-12,17H2,1-3H3. The van der Waals surface area contributed by atoms with Crippen LogP contribution in [0.3, 0.4) is 0 Å². The monoisotopic (exact) mass is 269 g/mol. The molecule has 1 heterocycles. The quantitative estimate of drug-likeness (QED) is 0.772. The van der Waals surface area contributed by atoms with Crippen molar-refractivity contribution >= 4 is 5.78 Å². The predicted molar refractivity (Wildman–Crippen MR) is 79.0 cm³/mol. The molecule has 0 aliphatic carbocycles. The van der Waals surface area contributed by atoms with Gasteiger partial charge in [-0.15, -0.1) is 0 Å². The molecule has 3 nitrogen and oxygen atoms in total. The van der Waals surface area contributed by atoms with E-state index in [2.05, 4.69) is 20.8 Å². The second kappa shape index (κ2) is 8.01. The molecule has 1 saturated heterocycles. The molecule has 0 saturated carbocycles. The Morgan fingerprint density at radius 2 is 1.89 bits per heavy atom. The van der Waals surface area contributed by atoms with Crippen molar-refractivity contribution in [2.45, 2.75) is 59.3 Å². The molecule has 0 spiro atoms. The van der Waals surface area contributed by atoms with Crippen molar-refractivity contribution < 1.29 is 9.53 Å². The lowest BCUT2D eigenvalue weighted by atomic mass is 9.75. The minimum absolute atomic E-state index is 0.248. The van der Waals surface area contributed by atoms with Gasteiger partial charge in [0.05, 0.1) is 0 Å². The van der Waals surface area contributed by atoms with Gasteiger partial charge in [0.1, 0.15) is 5.78 Å². The Morgan fingerprint density at radius 1 is 1.26 bits per heavy atom. The summed E-state index contributed by atoms with van der Waals surface area (Å²) in [4.78, 5) is 12.1. The number of Topliss-reactive ketones (excluding diaryl/α,β-unsaturated/α-hetero) is 1. The van der Waals surface area contributed by atoms with Crippen LogP contribution in [0, 0.1) is 17.3 Å². The van der Waals surface area contributed by atoms with Crippen molar-refractivity contribution in [2.75, 3.05) is 19.8 Å². The topological polar surface area (TPSA) is 52.3 Å². The molecule has 1 unspecified atom stereocenters. The lowest BCUT2D eigenvalue weighted by Gasteiger charge is -2.30. The zero-order valence-electron chi connectivity index (χ0n) is 12.9. The molecule has 1 aliphatic heterocycles. The van der Waals surface area contributed by atoms with Gasteiger partial charge in [-0.05, 0) is 49.5 Å². The van der Waals surface area contributed by atoms with Gasteiger partial charge in [-0.3, -0.25) is 4.79 Å². The van der Waals surface area contributed by atoms with E-state index in [1.165, 1.54) is 0 Å². The van der Waals surface area contributed by atoms with E-state index in [-0.39, 0.29) is 5.41 Å². The summed E-state index contributed by atoms with van der Waals surface area (Å²) in [7, 11) is 0. The molecule has 2 N–H and O–H groups in total. The lowest BCUT2D eigenvalue weighted by molar-refractivity contribution is -0.121. The number of ether oxygens (including phenoxy) is 1. The van der Waals surface area contributed by atoms with Gasteiger partial charge in [0.25, 0.3) is 0 Å². The molecule has 3 heteroatoms. The van der Waals surface area contributed by atoms with Crippen LogP contribution in [0.15, 0.2) is 0 Å². The smallest absolute Gasteiger partial charge is 0.133 e. The summed E-state index contributed by atoms with van der Waals surface area (Å²) in [5.74, 6) is 1.54. The van der Waals surface area contributed by atoms with E-state index in [9.17, 15) is 4.79 Å². The number of carbonyl (C=O) groups is 1. The molecule has 19 heavy (non-hydrogen) atoms. The van der Waals surface area contributed by atoms with E-state index in [0.29, 0.717) is 17.6 Å². The average Bonchev–Trinajstić information content (AvgIpc) is 2.34. The maximum atomic E-state index is 12.1. The summed E-state index contributed by atoms with van der Waals surface area (Å²) in [6, 6.07) is 0. The average molecular weight is 269 g/mol. The highest BCUT2D eigenvalue weighted by atomic mass is 16.5. The molecule has 0 radical (unpaired) electrons. The summed E-state index contributed by atoms with van der Waals surface area (Å²) in [5.41, 5.74) is 5.93. The summed E-state index contributed by atoms with van der Waals surface area (Å²) in [6.07, 6.45) is 5.59. The molecular formula is C16H31NO2. The van der Waals surface area contributed by atoms with Gasteiger partial charge < -0.3 is 10.5 Å². The van der Waals surface area contributed by atoms with Gasteiger partial charge in [0, 0.05) is 26.1 Å². The minimum atomic E-state index is 0.248. The van der Waals surface area contributed by atoms with Crippen LogP contribution in [0.5, 0.6) is 0 Å². The number of nitrogens with two attached hydrogens (primary N) is 1. The highest BCUT2D eigenvalue weighted by Crippen LogP contribution is 2.32. The lowest BCUT2D eigenvalue weighted by Crippen LogP contribution is -2.25. The molecule has 0 bridgehead atoms. The first-order valence-electron chi connectivity index (χ1n) is 7.73. The normalized spacial score (nSPS) is 19.4. The van der Waals surface area contributed by atoms with Gasteiger partial charge in [-0.25, -0.2) is 0 Å². The van der Waals surface area contributed by atoms with E-state index < -0.39 is 0 Å². The molecule has 1 fully saturated rings. The largest absolute Gasteiger partial charge is 0.381 e. The summed E-state index contributed by atoms with van der Waals surface area (Å²) < 4.78 is 5.33. The molecular weight excluding hydrogens is 238 g/mol. The van der Waals surface area contributed by atoms with Crippen molar-refractivity contribution in [3.05, 3.63) is 0 Å². The predicted octanol–water partition coefficient (Wildman–Crippen LogP) is 3.16. The molecule has 0 aromatic heterocycles. The fourth-order valence-electron chi connectivity index (χ4n) is 2.92. The van der Waals surface area contributed by atoms with Crippen molar-refractivity contribution in [3.8, 4) is 0 Å². The zero-order chi connectivity index (χ0) is 14.3. The SMILES string of the molecule is CC(C)(C)C(CCN)CCC(=O)CC1CCOCC1. The first kappa shape index (κ1) is 16.6. The van der Waals surface area contributed by atoms with Crippen LogP contribution < -0.4 is 5.73 Å². The third-order valence-corrected chi connectivity index (χ3v) is 4.37. The molecule has 0 aromatic carbocycles. The van der Waals surface area contributed by atoms with Crippen molar-refractivity contribution in [1.82, 2.24) is 0 Å². The van der Waals surface area contributed by atoms with Gasteiger partial charge >= 0.3 is 0 Å². The molecule has 112 valence electrons. The summed E-state index contributed by atoms with van der Waals surface area (Å²) in [5, 5.41) is 0. The molecule has 1 rings (SSSR count). The van der Waals surface area contributed by atoms with Gasteiger partial charge in [-0.2, -0.15) is 0 Å². The summed E-state index contributed by atoms with van der Waals surface area (Å²) >= 11 is 0. The van der Waals surface area contributed by atoms with E-state index in [1.54, 1.807) is 0 Å². The van der Waals surface area contributed by atoms with E-state index in [4.69, 9.17) is 10.5 Å². The Kier molecular flexibility index (Phi) is 7.01. The maximum absolute atomic E-state index is 12.1. The van der Waals surface area contributed by atoms with Crippen LogP contribution in [0.4, 0.5) is 0 Å². The van der Waals surface area contributed by atoms with Crippen LogP contribution in [-0.4, -0.2) is 25.5 Å². The van der Waals surface area contributed by atoms with Crippen LogP contribution in [0.25, 0.3) is 0 Å². The first-order chi connectivity index (χ1) is 8.93. The first-order valence-corrected chi connectivity index (χ1v) is 7.73. The highest BCUT2D eigenvalue weighted by molar-refractivity contribution is 5.78. The van der Waals surface area contributed by atoms with Gasteiger partial charge in [0.2, 0.25) is 0 Å². The zero-order valence-corrected chi connectivity index (χ0v) is 12.9. The molecule has 0 amide bonds. The maximum Gasteiger partial charge on any atom is 0.133 e.